The molecule has 0 aromatic carbocycles. The molecule has 1 saturated heterocycles. The molecule has 1 rings (SSSR count). The SMILES string of the molecule is CC(C)C(C#N)C(=O)N1CCCC(C)(C)CC1. The van der Waals surface area contributed by atoms with Crippen molar-refractivity contribution in [2.24, 2.45) is 17.3 Å². The Morgan fingerprint density at radius 2 is 1.94 bits per heavy atom. The van der Waals surface area contributed by atoms with Gasteiger partial charge in [0.05, 0.1) is 6.07 Å². The van der Waals surface area contributed by atoms with Gasteiger partial charge in [0.25, 0.3) is 0 Å². The summed E-state index contributed by atoms with van der Waals surface area (Å²) < 4.78 is 0. The van der Waals surface area contributed by atoms with Gasteiger partial charge in [0.15, 0.2) is 0 Å². The third-order valence-corrected chi connectivity index (χ3v) is 3.72. The molecular weight excluding hydrogens is 212 g/mol. The van der Waals surface area contributed by atoms with Crippen LogP contribution in [-0.2, 0) is 4.79 Å². The van der Waals surface area contributed by atoms with E-state index in [1.807, 2.05) is 18.7 Å². The van der Waals surface area contributed by atoms with E-state index in [0.29, 0.717) is 5.41 Å². The van der Waals surface area contributed by atoms with Gasteiger partial charge in [0, 0.05) is 13.1 Å². The Kier molecular flexibility index (Phi) is 4.56. The van der Waals surface area contributed by atoms with Gasteiger partial charge in [-0.05, 0) is 30.6 Å². The molecule has 0 N–H and O–H groups in total. The molecule has 0 saturated carbocycles. The van der Waals surface area contributed by atoms with Crippen molar-refractivity contribution in [1.29, 1.82) is 5.26 Å². The molecule has 1 amide bonds. The van der Waals surface area contributed by atoms with Crippen LogP contribution < -0.4 is 0 Å². The van der Waals surface area contributed by atoms with Crippen molar-refractivity contribution in [1.82, 2.24) is 4.90 Å². The number of nitrogens with zero attached hydrogens (tertiary/aromatic N) is 2. The van der Waals surface area contributed by atoms with Crippen molar-refractivity contribution in [3.8, 4) is 6.07 Å². The fourth-order valence-electron chi connectivity index (χ4n) is 2.33. The summed E-state index contributed by atoms with van der Waals surface area (Å²) in [6.45, 7) is 10.0. The van der Waals surface area contributed by atoms with Crippen LogP contribution in [0.25, 0.3) is 0 Å². The molecule has 1 aliphatic heterocycles. The maximum Gasteiger partial charge on any atom is 0.240 e. The average molecular weight is 236 g/mol. The second-order valence-electron chi connectivity index (χ2n) is 6.19. The molecule has 96 valence electrons. The van der Waals surface area contributed by atoms with Crippen LogP contribution >= 0.6 is 0 Å². The van der Waals surface area contributed by atoms with Gasteiger partial charge in [-0.25, -0.2) is 0 Å². The summed E-state index contributed by atoms with van der Waals surface area (Å²) in [5, 5.41) is 9.07. The van der Waals surface area contributed by atoms with Crippen molar-refractivity contribution in [3.05, 3.63) is 0 Å². The normalized spacial score (nSPS) is 21.8. The molecule has 0 aromatic rings. The lowest BCUT2D eigenvalue weighted by Gasteiger charge is -2.26. The first-order valence-electron chi connectivity index (χ1n) is 6.56. The van der Waals surface area contributed by atoms with Gasteiger partial charge in [-0.2, -0.15) is 5.26 Å². The number of amides is 1. The van der Waals surface area contributed by atoms with Crippen molar-refractivity contribution in [3.63, 3.8) is 0 Å². The summed E-state index contributed by atoms with van der Waals surface area (Å²) >= 11 is 0. The van der Waals surface area contributed by atoms with Gasteiger partial charge in [-0.15, -0.1) is 0 Å². The van der Waals surface area contributed by atoms with Crippen LogP contribution in [0.1, 0.15) is 47.0 Å². The maximum absolute atomic E-state index is 12.2. The zero-order valence-electron chi connectivity index (χ0n) is 11.5. The van der Waals surface area contributed by atoms with E-state index in [9.17, 15) is 4.79 Å². The Labute approximate surface area is 105 Å². The quantitative estimate of drug-likeness (QED) is 0.740. The molecule has 0 spiro atoms. The van der Waals surface area contributed by atoms with Crippen LogP contribution in [0, 0.1) is 28.6 Å². The van der Waals surface area contributed by atoms with E-state index >= 15 is 0 Å². The standard InChI is InChI=1S/C14H24N2O/c1-11(2)12(10-15)13(17)16-8-5-6-14(3,4)7-9-16/h11-12H,5-9H2,1-4H3. The van der Waals surface area contributed by atoms with Gasteiger partial charge in [0.2, 0.25) is 5.91 Å². The number of likely N-dealkylation sites (tertiary alicyclic amines) is 1. The third-order valence-electron chi connectivity index (χ3n) is 3.72. The lowest BCUT2D eigenvalue weighted by molar-refractivity contribution is -0.134. The Bertz CT molecular complexity index is 315. The van der Waals surface area contributed by atoms with E-state index in [0.717, 1.165) is 32.4 Å². The van der Waals surface area contributed by atoms with Gasteiger partial charge >= 0.3 is 0 Å². The summed E-state index contributed by atoms with van der Waals surface area (Å²) in [7, 11) is 0. The zero-order chi connectivity index (χ0) is 13.1. The first kappa shape index (κ1) is 14.0. The summed E-state index contributed by atoms with van der Waals surface area (Å²) in [5.41, 5.74) is 0.328. The number of carbonyl (C=O) groups is 1. The van der Waals surface area contributed by atoms with Gasteiger partial charge < -0.3 is 4.90 Å². The number of carbonyl (C=O) groups excluding carboxylic acids is 1. The van der Waals surface area contributed by atoms with Crippen LogP contribution in [0.4, 0.5) is 0 Å². The van der Waals surface area contributed by atoms with E-state index in [1.54, 1.807) is 0 Å². The van der Waals surface area contributed by atoms with E-state index in [4.69, 9.17) is 5.26 Å². The molecule has 1 heterocycles. The second-order valence-corrected chi connectivity index (χ2v) is 6.19. The number of hydrogen-bond donors (Lipinski definition) is 0. The summed E-state index contributed by atoms with van der Waals surface area (Å²) in [4.78, 5) is 14.1. The second kappa shape index (κ2) is 5.53. The highest BCUT2D eigenvalue weighted by molar-refractivity contribution is 5.81. The first-order chi connectivity index (χ1) is 7.87. The molecule has 1 atom stereocenters. The smallest absolute Gasteiger partial charge is 0.240 e. The summed E-state index contributed by atoms with van der Waals surface area (Å²) in [5.74, 6) is -0.347. The van der Waals surface area contributed by atoms with E-state index in [2.05, 4.69) is 19.9 Å². The predicted molar refractivity (Wildman–Crippen MR) is 68.2 cm³/mol. The Hall–Kier alpha value is -1.04. The van der Waals surface area contributed by atoms with E-state index in [-0.39, 0.29) is 11.8 Å². The topological polar surface area (TPSA) is 44.1 Å². The average Bonchev–Trinajstić information content (AvgIpc) is 2.39. The molecule has 3 heteroatoms. The minimum Gasteiger partial charge on any atom is -0.342 e. The van der Waals surface area contributed by atoms with E-state index in [1.165, 1.54) is 0 Å². The number of nitriles is 1. The number of hydrogen-bond acceptors (Lipinski definition) is 2. The minimum absolute atomic E-state index is 0.0280. The van der Waals surface area contributed by atoms with Crippen LogP contribution in [-0.4, -0.2) is 23.9 Å². The van der Waals surface area contributed by atoms with Crippen molar-refractivity contribution < 1.29 is 4.79 Å². The predicted octanol–water partition coefficient (Wildman–Crippen LogP) is 2.82. The highest BCUT2D eigenvalue weighted by Gasteiger charge is 2.30. The molecule has 0 bridgehead atoms. The molecule has 3 nitrogen and oxygen atoms in total. The largest absolute Gasteiger partial charge is 0.342 e. The van der Waals surface area contributed by atoms with Crippen LogP contribution in [0.5, 0.6) is 0 Å². The third kappa shape index (κ3) is 3.73. The van der Waals surface area contributed by atoms with Crippen LogP contribution in [0.2, 0.25) is 0 Å². The lowest BCUT2D eigenvalue weighted by Crippen LogP contribution is -2.38. The maximum atomic E-state index is 12.2. The van der Waals surface area contributed by atoms with Crippen molar-refractivity contribution >= 4 is 5.91 Å². The molecule has 0 aliphatic carbocycles. The monoisotopic (exact) mass is 236 g/mol. The molecule has 1 aliphatic rings. The lowest BCUT2D eigenvalue weighted by atomic mass is 9.85. The van der Waals surface area contributed by atoms with Gasteiger partial charge in [-0.3, -0.25) is 4.79 Å². The van der Waals surface area contributed by atoms with E-state index < -0.39 is 5.92 Å². The Balaban J connectivity index is 2.67. The molecule has 1 fully saturated rings. The van der Waals surface area contributed by atoms with Crippen molar-refractivity contribution in [2.45, 2.75) is 47.0 Å². The molecular formula is C14H24N2O. The van der Waals surface area contributed by atoms with Crippen molar-refractivity contribution in [2.75, 3.05) is 13.1 Å². The molecule has 1 unspecified atom stereocenters. The van der Waals surface area contributed by atoms with Gasteiger partial charge in [-0.1, -0.05) is 27.7 Å². The Morgan fingerprint density at radius 1 is 1.29 bits per heavy atom. The Morgan fingerprint density at radius 3 is 2.47 bits per heavy atom. The minimum atomic E-state index is -0.476. The summed E-state index contributed by atoms with van der Waals surface area (Å²) in [6.07, 6.45) is 3.25. The molecule has 0 radical (unpaired) electrons. The first-order valence-corrected chi connectivity index (χ1v) is 6.56. The summed E-state index contributed by atoms with van der Waals surface area (Å²) in [6, 6.07) is 2.15. The van der Waals surface area contributed by atoms with Crippen LogP contribution in [0.3, 0.4) is 0 Å². The fourth-order valence-corrected chi connectivity index (χ4v) is 2.33. The number of rotatable bonds is 2. The highest BCUT2D eigenvalue weighted by atomic mass is 16.2. The zero-order valence-corrected chi connectivity index (χ0v) is 11.5. The van der Waals surface area contributed by atoms with Gasteiger partial charge in [0.1, 0.15) is 5.92 Å². The fraction of sp³-hybridized carbons (Fsp3) is 0.857. The molecule has 17 heavy (non-hydrogen) atoms. The van der Waals surface area contributed by atoms with Crippen LogP contribution in [0.15, 0.2) is 0 Å². The highest BCUT2D eigenvalue weighted by Crippen LogP contribution is 2.30. The molecule has 0 aromatic heterocycles.